The van der Waals surface area contributed by atoms with E-state index < -0.39 is 11.9 Å². The molecule has 0 aromatic heterocycles. The number of aromatic carboxylic acids is 1. The third-order valence-corrected chi connectivity index (χ3v) is 4.35. The van der Waals surface area contributed by atoms with Gasteiger partial charge >= 0.3 is 5.97 Å². The molecule has 3 rings (SSSR count). The number of hydrogen-bond donors (Lipinski definition) is 3. The Balaban J connectivity index is 1.68. The average Bonchev–Trinajstić information content (AvgIpc) is 2.75. The maximum atomic E-state index is 12.4. The number of hydrogen-bond acceptors (Lipinski definition) is 3. The van der Waals surface area contributed by atoms with E-state index in [1.807, 2.05) is 18.2 Å². The number of carbonyl (C=O) groups excluding carboxylic acids is 2. The molecule has 150 valence electrons. The first-order valence-corrected chi connectivity index (χ1v) is 9.22. The highest BCUT2D eigenvalue weighted by Gasteiger charge is 2.13. The molecule has 0 bridgehead atoms. The van der Waals surface area contributed by atoms with Crippen molar-refractivity contribution in [3.63, 3.8) is 0 Å². The van der Waals surface area contributed by atoms with E-state index in [4.69, 9.17) is 0 Å². The van der Waals surface area contributed by atoms with Gasteiger partial charge < -0.3 is 15.7 Å². The summed E-state index contributed by atoms with van der Waals surface area (Å²) in [4.78, 5) is 36.0. The Morgan fingerprint density at radius 2 is 1.43 bits per heavy atom. The lowest BCUT2D eigenvalue weighted by atomic mass is 10.1. The van der Waals surface area contributed by atoms with E-state index in [0.717, 1.165) is 5.56 Å². The van der Waals surface area contributed by atoms with Gasteiger partial charge in [-0.2, -0.15) is 0 Å². The number of anilines is 2. The zero-order chi connectivity index (χ0) is 21.5. The van der Waals surface area contributed by atoms with E-state index in [1.54, 1.807) is 61.5 Å². The molecule has 0 saturated heterocycles. The van der Waals surface area contributed by atoms with Crippen LogP contribution in [0.1, 0.15) is 33.2 Å². The van der Waals surface area contributed by atoms with Gasteiger partial charge in [0.1, 0.15) is 0 Å². The number of amides is 2. The largest absolute Gasteiger partial charge is 0.478 e. The Labute approximate surface area is 173 Å². The topological polar surface area (TPSA) is 95.5 Å². The van der Waals surface area contributed by atoms with Gasteiger partial charge in [-0.25, -0.2) is 4.79 Å². The summed E-state index contributed by atoms with van der Waals surface area (Å²) >= 11 is 0. The lowest BCUT2D eigenvalue weighted by molar-refractivity contribution is -0.112. The molecule has 0 unspecified atom stereocenters. The van der Waals surface area contributed by atoms with Gasteiger partial charge in [0.2, 0.25) is 0 Å². The van der Waals surface area contributed by atoms with Gasteiger partial charge in [-0.15, -0.1) is 0 Å². The highest BCUT2D eigenvalue weighted by Crippen LogP contribution is 2.17. The molecule has 3 N–H and O–H groups in total. The number of carbonyl (C=O) groups is 3. The van der Waals surface area contributed by atoms with Crippen molar-refractivity contribution in [1.82, 2.24) is 0 Å². The number of rotatable bonds is 6. The van der Waals surface area contributed by atoms with Crippen molar-refractivity contribution in [1.29, 1.82) is 0 Å². The normalized spacial score (nSPS) is 10.9. The summed E-state index contributed by atoms with van der Waals surface area (Å²) < 4.78 is 0. The van der Waals surface area contributed by atoms with E-state index in [2.05, 4.69) is 10.6 Å². The van der Waals surface area contributed by atoms with Crippen LogP contribution in [0.15, 0.2) is 84.4 Å². The highest BCUT2D eigenvalue weighted by molar-refractivity contribution is 6.09. The average molecular weight is 400 g/mol. The molecule has 0 radical (unpaired) electrons. The predicted molar refractivity (Wildman–Crippen MR) is 117 cm³/mol. The molecule has 30 heavy (non-hydrogen) atoms. The van der Waals surface area contributed by atoms with Gasteiger partial charge in [-0.05, 0) is 55.0 Å². The summed E-state index contributed by atoms with van der Waals surface area (Å²) in [5.41, 5.74) is 2.60. The first kappa shape index (κ1) is 20.5. The molecule has 0 atom stereocenters. The van der Waals surface area contributed by atoms with Crippen LogP contribution in [-0.4, -0.2) is 22.9 Å². The minimum Gasteiger partial charge on any atom is -0.478 e. The second kappa shape index (κ2) is 9.34. The zero-order valence-corrected chi connectivity index (χ0v) is 16.3. The summed E-state index contributed by atoms with van der Waals surface area (Å²) in [6.45, 7) is 1.63. The predicted octanol–water partition coefficient (Wildman–Crippen LogP) is 4.68. The van der Waals surface area contributed by atoms with Crippen LogP contribution >= 0.6 is 0 Å². The molecule has 0 aliphatic carbocycles. The Morgan fingerprint density at radius 1 is 0.800 bits per heavy atom. The Hall–Kier alpha value is -4.19. The van der Waals surface area contributed by atoms with Crippen molar-refractivity contribution in [3.8, 4) is 0 Å². The smallest absolute Gasteiger partial charge is 0.337 e. The highest BCUT2D eigenvalue weighted by atomic mass is 16.4. The quantitative estimate of drug-likeness (QED) is 0.524. The third kappa shape index (κ3) is 5.20. The van der Waals surface area contributed by atoms with E-state index in [9.17, 15) is 19.5 Å². The third-order valence-electron chi connectivity index (χ3n) is 4.35. The van der Waals surface area contributed by atoms with E-state index in [-0.39, 0.29) is 17.2 Å². The summed E-state index contributed by atoms with van der Waals surface area (Å²) in [6.07, 6.45) is 1.66. The molecule has 2 amide bonds. The van der Waals surface area contributed by atoms with Gasteiger partial charge in [0.15, 0.2) is 0 Å². The monoisotopic (exact) mass is 400 g/mol. The van der Waals surface area contributed by atoms with Crippen molar-refractivity contribution in [2.45, 2.75) is 6.92 Å². The summed E-state index contributed by atoms with van der Waals surface area (Å²) in [5, 5.41) is 14.6. The molecule has 6 nitrogen and oxygen atoms in total. The van der Waals surface area contributed by atoms with Gasteiger partial charge in [0.25, 0.3) is 11.8 Å². The summed E-state index contributed by atoms with van der Waals surface area (Å²) in [5.74, 6) is -1.75. The molecule has 0 heterocycles. The number of carboxylic acids is 1. The van der Waals surface area contributed by atoms with Gasteiger partial charge in [-0.3, -0.25) is 9.59 Å². The molecule has 3 aromatic rings. The van der Waals surface area contributed by atoms with Gasteiger partial charge in [0.05, 0.1) is 11.3 Å². The van der Waals surface area contributed by atoms with Crippen LogP contribution in [0, 0.1) is 0 Å². The summed E-state index contributed by atoms with van der Waals surface area (Å²) in [7, 11) is 0. The lowest BCUT2D eigenvalue weighted by Crippen LogP contribution is -2.15. The standard InChI is InChI=1S/C24H20N2O4/c1-16(22(27)26-21-10-6-5-9-20(21)24(29)30)15-17-11-13-18(14-12-17)23(28)25-19-7-3-2-4-8-19/h2-15H,1H3,(H,25,28)(H,26,27)(H,29,30). The molecule has 0 aliphatic rings. The van der Waals surface area contributed by atoms with Gasteiger partial charge in [-0.1, -0.05) is 42.5 Å². The van der Waals surface area contributed by atoms with Crippen molar-refractivity contribution in [2.75, 3.05) is 10.6 Å². The number of para-hydroxylation sites is 2. The van der Waals surface area contributed by atoms with Crippen molar-refractivity contribution in [2.24, 2.45) is 0 Å². The fraction of sp³-hybridized carbons (Fsp3) is 0.0417. The molecular formula is C24H20N2O4. The Kier molecular flexibility index (Phi) is 6.39. The fourth-order valence-electron chi connectivity index (χ4n) is 2.77. The minimum absolute atomic E-state index is 0.0208. The second-order valence-electron chi connectivity index (χ2n) is 6.57. The van der Waals surface area contributed by atoms with Crippen LogP contribution in [0.25, 0.3) is 6.08 Å². The van der Waals surface area contributed by atoms with Crippen LogP contribution in [0.4, 0.5) is 11.4 Å². The maximum Gasteiger partial charge on any atom is 0.337 e. The van der Waals surface area contributed by atoms with E-state index >= 15 is 0 Å². The molecule has 0 fully saturated rings. The lowest BCUT2D eigenvalue weighted by Gasteiger charge is -2.09. The van der Waals surface area contributed by atoms with Crippen molar-refractivity contribution in [3.05, 3.63) is 101 Å². The van der Waals surface area contributed by atoms with Crippen LogP contribution < -0.4 is 10.6 Å². The second-order valence-corrected chi connectivity index (χ2v) is 6.57. The van der Waals surface area contributed by atoms with Crippen LogP contribution in [0.2, 0.25) is 0 Å². The molecule has 0 spiro atoms. The van der Waals surface area contributed by atoms with E-state index in [1.165, 1.54) is 12.1 Å². The SMILES string of the molecule is CC(=Cc1ccc(C(=O)Nc2ccccc2)cc1)C(=O)Nc1ccccc1C(=O)O. The number of carboxylic acid groups (broad SMARTS) is 1. The minimum atomic E-state index is -1.11. The Morgan fingerprint density at radius 3 is 2.10 bits per heavy atom. The van der Waals surface area contributed by atoms with Gasteiger partial charge in [0, 0.05) is 16.8 Å². The first-order valence-electron chi connectivity index (χ1n) is 9.22. The van der Waals surface area contributed by atoms with Crippen LogP contribution in [0.3, 0.4) is 0 Å². The zero-order valence-electron chi connectivity index (χ0n) is 16.3. The van der Waals surface area contributed by atoms with Crippen LogP contribution in [0.5, 0.6) is 0 Å². The molecular weight excluding hydrogens is 380 g/mol. The van der Waals surface area contributed by atoms with Crippen molar-refractivity contribution < 1.29 is 19.5 Å². The molecule has 6 heteroatoms. The number of benzene rings is 3. The fourth-order valence-corrected chi connectivity index (χ4v) is 2.77. The van der Waals surface area contributed by atoms with Crippen LogP contribution in [-0.2, 0) is 4.79 Å². The Bertz CT molecular complexity index is 1100. The maximum absolute atomic E-state index is 12.4. The molecule has 0 saturated carbocycles. The molecule has 0 aliphatic heterocycles. The van der Waals surface area contributed by atoms with E-state index in [0.29, 0.717) is 16.8 Å². The first-order chi connectivity index (χ1) is 14.4. The summed E-state index contributed by atoms with van der Waals surface area (Å²) in [6, 6.07) is 22.2. The number of nitrogens with one attached hydrogen (secondary N) is 2. The molecule has 3 aromatic carbocycles. The van der Waals surface area contributed by atoms with Crippen molar-refractivity contribution >= 4 is 35.2 Å².